The van der Waals surface area contributed by atoms with Gasteiger partial charge in [0, 0.05) is 30.9 Å². The number of nitrogens with zero attached hydrogens (tertiary/aromatic N) is 3. The number of amides is 1. The molecule has 22 heavy (non-hydrogen) atoms. The van der Waals surface area contributed by atoms with E-state index in [1.54, 1.807) is 0 Å². The number of carbonyl (C=O) groups is 1. The van der Waals surface area contributed by atoms with E-state index in [2.05, 4.69) is 40.9 Å². The molecule has 0 bridgehead atoms. The monoisotopic (exact) mass is 301 g/mol. The maximum absolute atomic E-state index is 13.0. The Kier molecular flexibility index (Phi) is 4.48. The minimum atomic E-state index is -0.296. The molecule has 1 atom stereocenters. The van der Waals surface area contributed by atoms with Gasteiger partial charge in [0.2, 0.25) is 5.91 Å². The van der Waals surface area contributed by atoms with E-state index in [4.69, 9.17) is 0 Å². The van der Waals surface area contributed by atoms with Gasteiger partial charge in [-0.25, -0.2) is 0 Å². The Bertz CT molecular complexity index is 510. The summed E-state index contributed by atoms with van der Waals surface area (Å²) in [4.78, 5) is 21.8. The van der Waals surface area contributed by atoms with Crippen LogP contribution in [0.15, 0.2) is 24.4 Å². The van der Waals surface area contributed by atoms with Gasteiger partial charge >= 0.3 is 0 Å². The Balaban J connectivity index is 1.62. The highest BCUT2D eigenvalue weighted by Crippen LogP contribution is 2.32. The number of likely N-dealkylation sites (tertiary alicyclic amines) is 2. The molecule has 4 heteroatoms. The highest BCUT2D eigenvalue weighted by molar-refractivity contribution is 5.86. The zero-order valence-electron chi connectivity index (χ0n) is 13.8. The molecule has 0 N–H and O–H groups in total. The van der Waals surface area contributed by atoms with Crippen LogP contribution in [-0.2, 0) is 4.79 Å². The molecule has 1 aromatic rings. The molecule has 2 aliphatic rings. The third-order valence-corrected chi connectivity index (χ3v) is 5.60. The summed E-state index contributed by atoms with van der Waals surface area (Å²) >= 11 is 0. The van der Waals surface area contributed by atoms with Gasteiger partial charge in [-0.1, -0.05) is 6.07 Å². The standard InChI is InChI=1S/C18H27N3O/c1-18(10-4-6-12-20(18)2)17(22)21-13-8-15(9-14-21)16-7-3-5-11-19-16/h3,5,7,11,15H,4,6,8-10,12-14H2,1-2H3/t18-/m0/s1. The van der Waals surface area contributed by atoms with Crippen LogP contribution in [0, 0.1) is 0 Å². The summed E-state index contributed by atoms with van der Waals surface area (Å²) in [6.07, 6.45) is 7.29. The summed E-state index contributed by atoms with van der Waals surface area (Å²) in [5, 5.41) is 0. The molecule has 0 aromatic carbocycles. The summed E-state index contributed by atoms with van der Waals surface area (Å²) in [7, 11) is 2.09. The van der Waals surface area contributed by atoms with Gasteiger partial charge in [-0.3, -0.25) is 14.7 Å². The number of hydrogen-bond donors (Lipinski definition) is 0. The third kappa shape index (κ3) is 2.89. The quantitative estimate of drug-likeness (QED) is 0.842. The first-order chi connectivity index (χ1) is 10.6. The smallest absolute Gasteiger partial charge is 0.242 e. The van der Waals surface area contributed by atoms with Crippen molar-refractivity contribution in [2.75, 3.05) is 26.7 Å². The van der Waals surface area contributed by atoms with Gasteiger partial charge in [0.25, 0.3) is 0 Å². The van der Waals surface area contributed by atoms with Crippen LogP contribution < -0.4 is 0 Å². The van der Waals surface area contributed by atoms with Gasteiger partial charge in [0.1, 0.15) is 0 Å². The van der Waals surface area contributed by atoms with Gasteiger partial charge in [-0.05, 0) is 64.8 Å². The molecule has 0 unspecified atom stereocenters. The third-order valence-electron chi connectivity index (χ3n) is 5.60. The van der Waals surface area contributed by atoms with Gasteiger partial charge in [0.05, 0.1) is 5.54 Å². The lowest BCUT2D eigenvalue weighted by Crippen LogP contribution is -2.59. The number of likely N-dealkylation sites (N-methyl/N-ethyl adjacent to an activating group) is 1. The number of piperidine rings is 2. The summed E-state index contributed by atoms with van der Waals surface area (Å²) in [5.74, 6) is 0.830. The van der Waals surface area contributed by atoms with Crippen LogP contribution in [0.3, 0.4) is 0 Å². The van der Waals surface area contributed by atoms with Crippen molar-refractivity contribution < 1.29 is 4.79 Å². The summed E-state index contributed by atoms with van der Waals surface area (Å²) in [6.45, 7) is 4.89. The number of aromatic nitrogens is 1. The van der Waals surface area contributed by atoms with E-state index in [1.807, 2.05) is 12.3 Å². The first kappa shape index (κ1) is 15.5. The Morgan fingerprint density at radius 3 is 2.64 bits per heavy atom. The van der Waals surface area contributed by atoms with Crippen molar-refractivity contribution in [2.24, 2.45) is 0 Å². The first-order valence-electron chi connectivity index (χ1n) is 8.53. The molecule has 2 aliphatic heterocycles. The molecule has 1 amide bonds. The molecule has 120 valence electrons. The summed E-state index contributed by atoms with van der Waals surface area (Å²) in [6, 6.07) is 6.12. The SMILES string of the molecule is CN1CCCC[C@@]1(C)C(=O)N1CCC(c2ccccn2)CC1. The molecule has 0 spiro atoms. The van der Waals surface area contributed by atoms with E-state index < -0.39 is 0 Å². The highest BCUT2D eigenvalue weighted by atomic mass is 16.2. The fraction of sp³-hybridized carbons (Fsp3) is 0.667. The molecule has 0 aliphatic carbocycles. The van der Waals surface area contributed by atoms with Crippen molar-refractivity contribution in [3.05, 3.63) is 30.1 Å². The van der Waals surface area contributed by atoms with Gasteiger partial charge in [-0.2, -0.15) is 0 Å². The largest absolute Gasteiger partial charge is 0.341 e. The lowest BCUT2D eigenvalue weighted by molar-refractivity contribution is -0.146. The molecule has 4 nitrogen and oxygen atoms in total. The first-order valence-corrected chi connectivity index (χ1v) is 8.53. The fourth-order valence-corrected chi connectivity index (χ4v) is 3.86. The molecule has 2 fully saturated rings. The zero-order chi connectivity index (χ0) is 15.6. The van der Waals surface area contributed by atoms with E-state index in [-0.39, 0.29) is 5.54 Å². The Morgan fingerprint density at radius 2 is 2.00 bits per heavy atom. The van der Waals surface area contributed by atoms with Crippen molar-refractivity contribution in [2.45, 2.75) is 50.5 Å². The van der Waals surface area contributed by atoms with Crippen molar-refractivity contribution in [1.29, 1.82) is 0 Å². The predicted molar refractivity (Wildman–Crippen MR) is 87.7 cm³/mol. The molecule has 2 saturated heterocycles. The molecule has 1 aromatic heterocycles. The molecule has 3 heterocycles. The number of pyridine rings is 1. The van der Waals surface area contributed by atoms with Crippen LogP contribution in [0.1, 0.15) is 50.6 Å². The second kappa shape index (κ2) is 6.37. The van der Waals surface area contributed by atoms with Crippen molar-refractivity contribution in [3.8, 4) is 0 Å². The predicted octanol–water partition coefficient (Wildman–Crippen LogP) is 2.66. The van der Waals surface area contributed by atoms with E-state index in [0.717, 1.165) is 45.3 Å². The Hall–Kier alpha value is -1.42. The van der Waals surface area contributed by atoms with Crippen LogP contribution in [-0.4, -0.2) is 52.9 Å². The minimum absolute atomic E-state index is 0.296. The zero-order valence-corrected chi connectivity index (χ0v) is 13.8. The molecule has 3 rings (SSSR count). The molecule has 0 radical (unpaired) electrons. The number of rotatable bonds is 2. The average Bonchev–Trinajstić information content (AvgIpc) is 2.58. The number of hydrogen-bond acceptors (Lipinski definition) is 3. The van der Waals surface area contributed by atoms with Gasteiger partial charge in [-0.15, -0.1) is 0 Å². The fourth-order valence-electron chi connectivity index (χ4n) is 3.86. The lowest BCUT2D eigenvalue weighted by atomic mass is 9.86. The average molecular weight is 301 g/mol. The maximum Gasteiger partial charge on any atom is 0.242 e. The number of carbonyl (C=O) groups excluding carboxylic acids is 1. The highest BCUT2D eigenvalue weighted by Gasteiger charge is 2.42. The van der Waals surface area contributed by atoms with Crippen LogP contribution in [0.5, 0.6) is 0 Å². The van der Waals surface area contributed by atoms with E-state index in [9.17, 15) is 4.79 Å². The topological polar surface area (TPSA) is 36.4 Å². The van der Waals surface area contributed by atoms with Gasteiger partial charge < -0.3 is 4.90 Å². The van der Waals surface area contributed by atoms with E-state index >= 15 is 0 Å². The normalized spacial score (nSPS) is 27.8. The van der Waals surface area contributed by atoms with Crippen LogP contribution in [0.25, 0.3) is 0 Å². The lowest BCUT2D eigenvalue weighted by Gasteiger charge is -2.45. The van der Waals surface area contributed by atoms with E-state index in [1.165, 1.54) is 12.1 Å². The van der Waals surface area contributed by atoms with Crippen molar-refractivity contribution in [1.82, 2.24) is 14.8 Å². The van der Waals surface area contributed by atoms with Crippen molar-refractivity contribution in [3.63, 3.8) is 0 Å². The van der Waals surface area contributed by atoms with Crippen molar-refractivity contribution >= 4 is 5.91 Å². The second-order valence-corrected chi connectivity index (χ2v) is 6.97. The maximum atomic E-state index is 13.0. The summed E-state index contributed by atoms with van der Waals surface area (Å²) in [5.41, 5.74) is 0.881. The Labute approximate surface area is 133 Å². The summed E-state index contributed by atoms with van der Waals surface area (Å²) < 4.78 is 0. The minimum Gasteiger partial charge on any atom is -0.341 e. The molecular weight excluding hydrogens is 274 g/mol. The van der Waals surface area contributed by atoms with Crippen LogP contribution >= 0.6 is 0 Å². The Morgan fingerprint density at radius 1 is 1.23 bits per heavy atom. The molecule has 0 saturated carbocycles. The van der Waals surface area contributed by atoms with Crippen LogP contribution in [0.4, 0.5) is 0 Å². The molecular formula is C18H27N3O. The van der Waals surface area contributed by atoms with Gasteiger partial charge in [0.15, 0.2) is 0 Å². The van der Waals surface area contributed by atoms with E-state index in [0.29, 0.717) is 11.8 Å². The van der Waals surface area contributed by atoms with Crippen LogP contribution in [0.2, 0.25) is 0 Å². The second-order valence-electron chi connectivity index (χ2n) is 6.97.